The van der Waals surface area contributed by atoms with Crippen LogP contribution in [0.25, 0.3) is 0 Å². The molecule has 3 nitrogen and oxygen atoms in total. The average Bonchev–Trinajstić information content (AvgIpc) is 2.62. The van der Waals surface area contributed by atoms with E-state index in [-0.39, 0.29) is 11.3 Å². The first-order chi connectivity index (χ1) is 12.1. The Morgan fingerprint density at radius 2 is 1.76 bits per heavy atom. The molecule has 2 rings (SSSR count). The lowest BCUT2D eigenvalue weighted by molar-refractivity contribution is 0.0693. The van der Waals surface area contributed by atoms with Crippen molar-refractivity contribution in [3.63, 3.8) is 0 Å². The predicted octanol–water partition coefficient (Wildman–Crippen LogP) is 5.78. The van der Waals surface area contributed by atoms with Crippen molar-refractivity contribution in [1.29, 1.82) is 0 Å². The zero-order valence-corrected chi connectivity index (χ0v) is 14.9. The molecule has 25 heavy (non-hydrogen) atoms. The van der Waals surface area contributed by atoms with Crippen LogP contribution >= 0.6 is 0 Å². The Morgan fingerprint density at radius 1 is 1.00 bits per heavy atom. The second-order valence-corrected chi connectivity index (χ2v) is 6.65. The molecule has 2 N–H and O–H groups in total. The molecule has 1 atom stereocenters. The van der Waals surface area contributed by atoms with E-state index in [0.29, 0.717) is 5.92 Å². The minimum atomic E-state index is -1.08. The van der Waals surface area contributed by atoms with Gasteiger partial charge in [-0.15, -0.1) is 0 Å². The van der Waals surface area contributed by atoms with Gasteiger partial charge in [-0.25, -0.2) is 4.79 Å². The van der Waals surface area contributed by atoms with Crippen molar-refractivity contribution >= 4 is 5.97 Å². The van der Waals surface area contributed by atoms with E-state index >= 15 is 0 Å². The molecule has 0 bridgehead atoms. The Morgan fingerprint density at radius 3 is 2.44 bits per heavy atom. The molecule has 0 spiro atoms. The van der Waals surface area contributed by atoms with Gasteiger partial charge < -0.3 is 10.2 Å². The molecule has 0 saturated carbocycles. The molecule has 0 saturated heterocycles. The van der Waals surface area contributed by atoms with Crippen molar-refractivity contribution < 1.29 is 15.0 Å². The number of hydrogen-bond acceptors (Lipinski definition) is 2. The van der Waals surface area contributed by atoms with E-state index in [4.69, 9.17) is 5.11 Å². The number of carbonyl (C=O) groups is 1. The summed E-state index contributed by atoms with van der Waals surface area (Å²) in [5.74, 6) is -0.769. The maximum absolute atomic E-state index is 11.2. The van der Waals surface area contributed by atoms with Crippen molar-refractivity contribution in [2.24, 2.45) is 0 Å². The minimum absolute atomic E-state index is 0.0169. The summed E-state index contributed by atoms with van der Waals surface area (Å²) in [6, 6.07) is 15.5. The number of unbranched alkanes of at least 4 members (excludes halogenated alkanes) is 3. The Bertz CT molecular complexity index is 664. The zero-order chi connectivity index (χ0) is 18.1. The molecule has 3 heteroatoms. The third-order valence-corrected chi connectivity index (χ3v) is 4.75. The lowest BCUT2D eigenvalue weighted by Gasteiger charge is -2.18. The van der Waals surface area contributed by atoms with Crippen molar-refractivity contribution in [1.82, 2.24) is 0 Å². The van der Waals surface area contributed by atoms with Crippen molar-refractivity contribution in [2.75, 3.05) is 0 Å². The Kier molecular flexibility index (Phi) is 7.52. The van der Waals surface area contributed by atoms with Crippen LogP contribution in [0.5, 0.6) is 5.75 Å². The van der Waals surface area contributed by atoms with Crippen LogP contribution < -0.4 is 0 Å². The zero-order valence-electron chi connectivity index (χ0n) is 14.9. The summed E-state index contributed by atoms with van der Waals surface area (Å²) in [6.45, 7) is 2.22. The SMILES string of the molecule is CCCCCCC(CCc1ccc(O)c(C(=O)O)c1)c1ccccc1. The van der Waals surface area contributed by atoms with Crippen LogP contribution in [0, 0.1) is 0 Å². The van der Waals surface area contributed by atoms with Gasteiger partial charge in [0.15, 0.2) is 0 Å². The molecular formula is C22H28O3. The van der Waals surface area contributed by atoms with Gasteiger partial charge in [0, 0.05) is 0 Å². The van der Waals surface area contributed by atoms with Crippen LogP contribution in [0.1, 0.15) is 72.9 Å². The van der Waals surface area contributed by atoms with Gasteiger partial charge in [0.2, 0.25) is 0 Å². The van der Waals surface area contributed by atoms with Gasteiger partial charge in [-0.1, -0.05) is 69.0 Å². The van der Waals surface area contributed by atoms with E-state index < -0.39 is 5.97 Å². The smallest absolute Gasteiger partial charge is 0.339 e. The van der Waals surface area contributed by atoms with E-state index in [1.165, 1.54) is 37.3 Å². The molecule has 0 radical (unpaired) electrons. The molecule has 1 unspecified atom stereocenters. The maximum Gasteiger partial charge on any atom is 0.339 e. The first-order valence-electron chi connectivity index (χ1n) is 9.22. The number of carboxylic acid groups (broad SMARTS) is 1. The third-order valence-electron chi connectivity index (χ3n) is 4.75. The number of carboxylic acids is 1. The molecular weight excluding hydrogens is 312 g/mol. The number of benzene rings is 2. The minimum Gasteiger partial charge on any atom is -0.507 e. The number of hydrogen-bond donors (Lipinski definition) is 2. The van der Waals surface area contributed by atoms with Crippen LogP contribution in [0.2, 0.25) is 0 Å². The first kappa shape index (κ1) is 19.0. The molecule has 0 fully saturated rings. The summed E-state index contributed by atoms with van der Waals surface area (Å²) in [4.78, 5) is 11.2. The fraction of sp³-hybridized carbons (Fsp3) is 0.409. The Labute approximate surface area is 150 Å². The maximum atomic E-state index is 11.2. The van der Waals surface area contributed by atoms with Crippen molar-refractivity contribution in [2.45, 2.75) is 57.8 Å². The summed E-state index contributed by atoms with van der Waals surface area (Å²) in [5, 5.41) is 18.8. The average molecular weight is 340 g/mol. The summed E-state index contributed by atoms with van der Waals surface area (Å²) in [5.41, 5.74) is 2.30. The van der Waals surface area contributed by atoms with Gasteiger partial charge in [0.1, 0.15) is 11.3 Å². The van der Waals surface area contributed by atoms with Gasteiger partial charge in [-0.2, -0.15) is 0 Å². The second-order valence-electron chi connectivity index (χ2n) is 6.65. The number of aromatic hydroxyl groups is 1. The lowest BCUT2D eigenvalue weighted by Crippen LogP contribution is -2.03. The molecule has 0 aliphatic rings. The number of phenols is 1. The van der Waals surface area contributed by atoms with Crippen LogP contribution in [-0.4, -0.2) is 16.2 Å². The molecule has 0 aliphatic heterocycles. The Hall–Kier alpha value is -2.29. The fourth-order valence-corrected chi connectivity index (χ4v) is 3.27. The molecule has 0 aromatic heterocycles. The highest BCUT2D eigenvalue weighted by molar-refractivity contribution is 5.90. The summed E-state index contributed by atoms with van der Waals surface area (Å²) in [7, 11) is 0. The molecule has 0 aliphatic carbocycles. The highest BCUT2D eigenvalue weighted by Gasteiger charge is 2.14. The molecule has 134 valence electrons. The molecule has 0 heterocycles. The lowest BCUT2D eigenvalue weighted by atomic mass is 9.87. The van der Waals surface area contributed by atoms with E-state index in [2.05, 4.69) is 31.2 Å². The molecule has 2 aromatic carbocycles. The fourth-order valence-electron chi connectivity index (χ4n) is 3.27. The largest absolute Gasteiger partial charge is 0.507 e. The monoisotopic (exact) mass is 340 g/mol. The van der Waals surface area contributed by atoms with Crippen molar-refractivity contribution in [3.05, 3.63) is 65.2 Å². The first-order valence-corrected chi connectivity index (χ1v) is 9.22. The van der Waals surface area contributed by atoms with E-state index in [1.807, 2.05) is 12.1 Å². The predicted molar refractivity (Wildman–Crippen MR) is 101 cm³/mol. The van der Waals surface area contributed by atoms with Gasteiger partial charge in [-0.3, -0.25) is 0 Å². The number of aromatic carboxylic acids is 1. The summed E-state index contributed by atoms with van der Waals surface area (Å²) < 4.78 is 0. The van der Waals surface area contributed by atoms with Crippen LogP contribution in [0.15, 0.2) is 48.5 Å². The second kappa shape index (κ2) is 9.87. The molecule has 0 amide bonds. The van der Waals surface area contributed by atoms with E-state index in [9.17, 15) is 9.90 Å². The third kappa shape index (κ3) is 5.93. The van der Waals surface area contributed by atoms with E-state index in [0.717, 1.165) is 24.8 Å². The normalized spacial score (nSPS) is 12.0. The van der Waals surface area contributed by atoms with E-state index in [1.54, 1.807) is 6.07 Å². The van der Waals surface area contributed by atoms with Crippen molar-refractivity contribution in [3.8, 4) is 5.75 Å². The van der Waals surface area contributed by atoms with Crippen LogP contribution in [-0.2, 0) is 6.42 Å². The van der Waals surface area contributed by atoms with Gasteiger partial charge in [0.05, 0.1) is 0 Å². The molecule has 2 aromatic rings. The number of aryl methyl sites for hydroxylation is 1. The highest BCUT2D eigenvalue weighted by Crippen LogP contribution is 2.28. The van der Waals surface area contributed by atoms with Gasteiger partial charge in [-0.05, 0) is 48.4 Å². The quantitative estimate of drug-likeness (QED) is 0.539. The summed E-state index contributed by atoms with van der Waals surface area (Å²) >= 11 is 0. The van der Waals surface area contributed by atoms with Gasteiger partial charge in [0.25, 0.3) is 0 Å². The standard InChI is InChI=1S/C22H28O3/c1-2-3-4-6-11-19(18-9-7-5-8-10-18)14-12-17-13-15-21(23)20(16-17)22(24)25/h5,7-10,13,15-16,19,23H,2-4,6,11-12,14H2,1H3,(H,24,25). The summed E-state index contributed by atoms with van der Waals surface area (Å²) in [6.07, 6.45) is 7.97. The van der Waals surface area contributed by atoms with Crippen LogP contribution in [0.4, 0.5) is 0 Å². The highest BCUT2D eigenvalue weighted by atomic mass is 16.4. The number of rotatable bonds is 10. The topological polar surface area (TPSA) is 57.5 Å². The van der Waals surface area contributed by atoms with Gasteiger partial charge >= 0.3 is 5.97 Å². The Balaban J connectivity index is 2.04. The van der Waals surface area contributed by atoms with Crippen LogP contribution in [0.3, 0.4) is 0 Å².